The van der Waals surface area contributed by atoms with E-state index in [1.54, 1.807) is 41.2 Å². The van der Waals surface area contributed by atoms with Crippen LogP contribution in [0.5, 0.6) is 0 Å². The maximum Gasteiger partial charge on any atom is 0.254 e. The Bertz CT molecular complexity index is 3870. The van der Waals surface area contributed by atoms with Crippen molar-refractivity contribution in [2.24, 2.45) is 0 Å². The number of aromatic nitrogens is 6. The molecule has 85 heavy (non-hydrogen) atoms. The maximum absolute atomic E-state index is 13.8. The SMILES string of the molecule is C[C@H](c1ccc(F)cc1)n1cncc1-c1cccc2c1CCN(S(=O)(=O)c1cnc(Br)s1)C2.C[C@H](c1ccc(F)cc1)n1cncc1-c1cccc2c1CCN(S(=O)(=O)c1cnc(N3CCN4C[C@H](O)C[C@H]4C3)s1)C2.O[C@@H]1C[C@H]2CNCCN2C1. The van der Waals surface area contributed by atoms with Gasteiger partial charge in [0.1, 0.15) is 11.6 Å². The van der Waals surface area contributed by atoms with Crippen LogP contribution in [0.3, 0.4) is 0 Å². The van der Waals surface area contributed by atoms with Crippen molar-refractivity contribution in [1.29, 1.82) is 0 Å². The number of rotatable bonds is 11. The van der Waals surface area contributed by atoms with Crippen LogP contribution in [0.25, 0.3) is 22.5 Å². The first kappa shape index (κ1) is 59.6. The van der Waals surface area contributed by atoms with Gasteiger partial charge in [-0.05, 0) is 113 Å². The number of piperazine rings is 2. The summed E-state index contributed by atoms with van der Waals surface area (Å²) in [6.07, 6.45) is 12.7. The number of nitrogens with one attached hydrogen (secondary N) is 1. The Balaban J connectivity index is 0.000000146. The Kier molecular flexibility index (Phi) is 17.7. The van der Waals surface area contributed by atoms with Crippen LogP contribution in [0.15, 0.2) is 135 Å². The number of aliphatic hydroxyl groups is 2. The molecule has 6 aliphatic rings. The highest BCUT2D eigenvalue weighted by atomic mass is 79.9. The van der Waals surface area contributed by atoms with E-state index in [9.17, 15) is 35.8 Å². The van der Waals surface area contributed by atoms with Crippen LogP contribution in [-0.4, -0.2) is 164 Å². The van der Waals surface area contributed by atoms with Gasteiger partial charge in [-0.3, -0.25) is 9.80 Å². The zero-order valence-electron chi connectivity index (χ0n) is 47.0. The van der Waals surface area contributed by atoms with E-state index in [2.05, 4.69) is 84.9 Å². The summed E-state index contributed by atoms with van der Waals surface area (Å²) in [5, 5.41) is 23.4. The number of aliphatic hydroxyl groups excluding tert-OH is 2. The largest absolute Gasteiger partial charge is 0.392 e. The first-order valence-corrected chi connectivity index (χ1v) is 33.9. The predicted molar refractivity (Wildman–Crippen MR) is 327 cm³/mol. The third kappa shape index (κ3) is 12.6. The quantitative estimate of drug-likeness (QED) is 0.112. The minimum Gasteiger partial charge on any atom is -0.392 e. The number of halogens is 3. The first-order chi connectivity index (χ1) is 41.0. The average Bonchev–Trinajstić information content (AvgIpc) is 3.42. The molecule has 4 fully saturated rings. The molecule has 4 saturated heterocycles. The Hall–Kier alpha value is -5.68. The third-order valence-electron chi connectivity index (χ3n) is 17.3. The Morgan fingerprint density at radius 2 is 1.12 bits per heavy atom. The van der Waals surface area contributed by atoms with E-state index >= 15 is 0 Å². The topological polar surface area (TPSA) is 198 Å². The van der Waals surface area contributed by atoms with Gasteiger partial charge in [0, 0.05) is 102 Å². The lowest BCUT2D eigenvalue weighted by atomic mass is 9.93. The molecule has 8 aromatic rings. The summed E-state index contributed by atoms with van der Waals surface area (Å²) < 4.78 is 88.8. The molecule has 0 aliphatic carbocycles. The second-order valence-electron chi connectivity index (χ2n) is 22.5. The molecule has 4 aromatic carbocycles. The van der Waals surface area contributed by atoms with Gasteiger partial charge in [0.05, 0.1) is 73.1 Å². The van der Waals surface area contributed by atoms with Crippen LogP contribution >= 0.6 is 38.6 Å². The summed E-state index contributed by atoms with van der Waals surface area (Å²) in [4.78, 5) is 24.2. The van der Waals surface area contributed by atoms with E-state index in [4.69, 9.17) is 0 Å². The zero-order chi connectivity index (χ0) is 59.1. The van der Waals surface area contributed by atoms with Gasteiger partial charge in [-0.1, -0.05) is 83.3 Å². The standard InChI is InChI=1S/C30H33FN6O3S2.C23H20BrFN4O2S2.C7H14N2O/c1-20(21-5-7-23(31)8-6-21)37-19-32-14-28(37)27-4-2-3-22-16-36(10-9-26(22)27)42(39,40)29-15-33-30(41-29)35-12-11-34-18-25(38)13-24(34)17-35;1-15(16-5-7-18(25)8-6-16)29-14-26-11-21(29)20-4-2-3-17-13-28(10-9-19(17)20)33(30,31)22-12-27-23(24)32-22;10-7-3-6-4-8-1-2-9(6)5-7/h2-8,14-15,19-20,24-25,38H,9-13,16-18H2,1H3;2-8,11-12,14-15H,9-10,13H2,1H3;6-8,10H,1-5H2/t20-,24+,25-;15-;6-,7+/m110/s1. The number of anilines is 1. The fourth-order valence-electron chi connectivity index (χ4n) is 12.8. The molecule has 448 valence electrons. The molecule has 25 heteroatoms. The van der Waals surface area contributed by atoms with Crippen molar-refractivity contribution in [1.82, 2.24) is 52.8 Å². The Labute approximate surface area is 510 Å². The molecule has 0 saturated carbocycles. The van der Waals surface area contributed by atoms with E-state index < -0.39 is 20.0 Å². The second-order valence-corrected chi connectivity index (χ2v) is 30.2. The van der Waals surface area contributed by atoms with Crippen molar-refractivity contribution in [2.75, 3.05) is 70.3 Å². The summed E-state index contributed by atoms with van der Waals surface area (Å²) in [6, 6.07) is 25.8. The number of nitrogens with zero attached hydrogens (tertiary/aromatic N) is 11. The van der Waals surface area contributed by atoms with Gasteiger partial charge in [-0.2, -0.15) is 8.61 Å². The summed E-state index contributed by atoms with van der Waals surface area (Å²) in [5.41, 5.74) is 10.1. The minimum absolute atomic E-state index is 0.0378. The van der Waals surface area contributed by atoms with Crippen LogP contribution < -0.4 is 10.2 Å². The van der Waals surface area contributed by atoms with Crippen LogP contribution in [0.1, 0.15) is 72.2 Å². The summed E-state index contributed by atoms with van der Waals surface area (Å²) >= 11 is 5.59. The number of hydrogen-bond acceptors (Lipinski definition) is 16. The molecule has 0 radical (unpaired) electrons. The normalized spacial score (nSPS) is 21.8. The summed E-state index contributed by atoms with van der Waals surface area (Å²) in [7, 11) is -7.31. The van der Waals surface area contributed by atoms with E-state index in [-0.39, 0.29) is 50.4 Å². The molecule has 0 amide bonds. The smallest absolute Gasteiger partial charge is 0.254 e. The van der Waals surface area contributed by atoms with E-state index in [0.717, 1.165) is 131 Å². The molecule has 0 spiro atoms. The van der Waals surface area contributed by atoms with Crippen molar-refractivity contribution in [2.45, 2.75) is 97.4 Å². The van der Waals surface area contributed by atoms with Gasteiger partial charge in [0.25, 0.3) is 20.0 Å². The van der Waals surface area contributed by atoms with Crippen molar-refractivity contribution in [3.8, 4) is 22.5 Å². The Morgan fingerprint density at radius 3 is 1.64 bits per heavy atom. The maximum atomic E-state index is 13.8. The fraction of sp³-hybridized carbons (Fsp3) is 0.400. The molecule has 4 aromatic heterocycles. The minimum atomic E-state index is -3.71. The summed E-state index contributed by atoms with van der Waals surface area (Å²) in [5.74, 6) is -0.533. The third-order valence-corrected chi connectivity index (χ3v) is 24.4. The summed E-state index contributed by atoms with van der Waals surface area (Å²) in [6.45, 7) is 12.7. The molecule has 6 atom stereocenters. The van der Waals surface area contributed by atoms with Crippen molar-refractivity contribution in [3.63, 3.8) is 0 Å². The van der Waals surface area contributed by atoms with Gasteiger partial charge < -0.3 is 29.6 Å². The molecule has 0 bridgehead atoms. The molecule has 0 unspecified atom stereocenters. The van der Waals surface area contributed by atoms with Gasteiger partial charge in [-0.25, -0.2) is 45.6 Å². The van der Waals surface area contributed by atoms with Gasteiger partial charge in [0.2, 0.25) is 0 Å². The first-order valence-electron chi connectivity index (χ1n) is 28.6. The van der Waals surface area contributed by atoms with Crippen molar-refractivity contribution >= 4 is 63.8 Å². The second kappa shape index (κ2) is 25.2. The monoisotopic (exact) mass is 1300 g/mol. The van der Waals surface area contributed by atoms with Crippen LogP contribution in [0.2, 0.25) is 0 Å². The number of hydrogen-bond donors (Lipinski definition) is 3. The van der Waals surface area contributed by atoms with Crippen molar-refractivity contribution < 1.29 is 35.8 Å². The number of imidazole rings is 2. The lowest BCUT2D eigenvalue weighted by molar-refractivity contribution is 0.170. The number of thiazole rings is 2. The van der Waals surface area contributed by atoms with Crippen molar-refractivity contribution in [3.05, 3.63) is 171 Å². The molecule has 18 nitrogen and oxygen atoms in total. The Morgan fingerprint density at radius 1 is 0.612 bits per heavy atom. The molecular weight excluding hydrogens is 1230 g/mol. The highest BCUT2D eigenvalue weighted by molar-refractivity contribution is 9.11. The van der Waals surface area contributed by atoms with Crippen LogP contribution in [0, 0.1) is 11.6 Å². The van der Waals surface area contributed by atoms with E-state index in [1.807, 2.05) is 42.7 Å². The van der Waals surface area contributed by atoms with Crippen LogP contribution in [0.4, 0.5) is 13.9 Å². The highest BCUT2D eigenvalue weighted by Crippen LogP contribution is 2.39. The lowest BCUT2D eigenvalue weighted by Gasteiger charge is -2.37. The van der Waals surface area contributed by atoms with Gasteiger partial charge in [-0.15, -0.1) is 0 Å². The molecule has 6 aliphatic heterocycles. The number of fused-ring (bicyclic) bond motifs is 4. The van der Waals surface area contributed by atoms with E-state index in [1.165, 1.54) is 52.3 Å². The van der Waals surface area contributed by atoms with Gasteiger partial charge in [0.15, 0.2) is 17.5 Å². The molecular formula is C60H67BrF2N12O6S4. The van der Waals surface area contributed by atoms with Crippen LogP contribution in [-0.2, 0) is 46.0 Å². The number of sulfonamides is 2. The number of benzene rings is 4. The molecule has 10 heterocycles. The fourth-order valence-corrected chi connectivity index (χ4v) is 18.9. The average molecular weight is 1300 g/mol. The lowest BCUT2D eigenvalue weighted by Crippen LogP contribution is -2.50. The highest BCUT2D eigenvalue weighted by Gasteiger charge is 2.38. The van der Waals surface area contributed by atoms with E-state index in [0.29, 0.717) is 55.5 Å². The van der Waals surface area contributed by atoms with Gasteiger partial charge >= 0.3 is 0 Å². The molecule has 14 rings (SSSR count). The molecule has 3 N–H and O–H groups in total. The predicted octanol–water partition coefficient (Wildman–Crippen LogP) is 8.05. The zero-order valence-corrected chi connectivity index (χ0v) is 51.9.